The van der Waals surface area contributed by atoms with Crippen molar-refractivity contribution in [3.8, 4) is 11.5 Å². The van der Waals surface area contributed by atoms with Crippen molar-refractivity contribution in [2.75, 3.05) is 5.32 Å². The van der Waals surface area contributed by atoms with Gasteiger partial charge in [0.25, 0.3) is 5.91 Å². The Labute approximate surface area is 111 Å². The molecule has 0 aromatic heterocycles. The molecule has 19 heavy (non-hydrogen) atoms. The zero-order chi connectivity index (χ0) is 14.0. The molecule has 0 saturated heterocycles. The van der Waals surface area contributed by atoms with Crippen LogP contribution in [0.1, 0.15) is 21.5 Å². The summed E-state index contributed by atoms with van der Waals surface area (Å²) < 4.78 is 0. The van der Waals surface area contributed by atoms with Gasteiger partial charge in [-0.3, -0.25) is 4.79 Å². The van der Waals surface area contributed by atoms with Crippen LogP contribution >= 0.6 is 0 Å². The molecule has 1 amide bonds. The zero-order valence-electron chi connectivity index (χ0n) is 10.8. The van der Waals surface area contributed by atoms with Crippen molar-refractivity contribution < 1.29 is 15.0 Å². The topological polar surface area (TPSA) is 69.6 Å². The lowest BCUT2D eigenvalue weighted by atomic mass is 10.1. The zero-order valence-corrected chi connectivity index (χ0v) is 10.8. The minimum absolute atomic E-state index is 0.127. The predicted octanol–water partition coefficient (Wildman–Crippen LogP) is 2.97. The molecule has 0 aliphatic carbocycles. The normalized spacial score (nSPS) is 10.2. The van der Waals surface area contributed by atoms with Gasteiger partial charge in [0.15, 0.2) is 0 Å². The first-order valence-corrected chi connectivity index (χ1v) is 5.88. The fourth-order valence-corrected chi connectivity index (χ4v) is 1.85. The predicted molar refractivity (Wildman–Crippen MR) is 73.6 cm³/mol. The average molecular weight is 257 g/mol. The maximum absolute atomic E-state index is 12.1. The van der Waals surface area contributed by atoms with E-state index in [1.807, 2.05) is 0 Å². The van der Waals surface area contributed by atoms with Crippen LogP contribution in [0, 0.1) is 13.8 Å². The van der Waals surface area contributed by atoms with E-state index in [0.29, 0.717) is 22.4 Å². The lowest BCUT2D eigenvalue weighted by molar-refractivity contribution is 0.102. The minimum Gasteiger partial charge on any atom is -0.508 e. The molecule has 0 saturated carbocycles. The molecule has 4 nitrogen and oxygen atoms in total. The van der Waals surface area contributed by atoms with Crippen molar-refractivity contribution in [3.63, 3.8) is 0 Å². The lowest BCUT2D eigenvalue weighted by Gasteiger charge is -2.11. The van der Waals surface area contributed by atoms with Crippen LogP contribution in [0.3, 0.4) is 0 Å². The van der Waals surface area contributed by atoms with Crippen molar-refractivity contribution in [2.24, 2.45) is 0 Å². The van der Waals surface area contributed by atoms with E-state index in [2.05, 4.69) is 5.32 Å². The van der Waals surface area contributed by atoms with E-state index < -0.39 is 0 Å². The number of hydrogen-bond acceptors (Lipinski definition) is 3. The van der Waals surface area contributed by atoms with Gasteiger partial charge in [-0.15, -0.1) is 0 Å². The van der Waals surface area contributed by atoms with E-state index in [-0.39, 0.29) is 17.4 Å². The summed E-state index contributed by atoms with van der Waals surface area (Å²) in [5.41, 5.74) is 2.36. The van der Waals surface area contributed by atoms with Crippen LogP contribution < -0.4 is 5.32 Å². The maximum atomic E-state index is 12.1. The van der Waals surface area contributed by atoms with Gasteiger partial charge in [0.05, 0.1) is 0 Å². The number of rotatable bonds is 2. The lowest BCUT2D eigenvalue weighted by Crippen LogP contribution is -2.14. The molecule has 2 aromatic rings. The summed E-state index contributed by atoms with van der Waals surface area (Å²) in [5, 5.41) is 21.7. The van der Waals surface area contributed by atoms with E-state index in [9.17, 15) is 15.0 Å². The molecule has 98 valence electrons. The number of amides is 1. The molecule has 0 spiro atoms. The molecule has 2 aromatic carbocycles. The van der Waals surface area contributed by atoms with Crippen molar-refractivity contribution in [1.29, 1.82) is 0 Å². The molecule has 0 heterocycles. The molecule has 0 fully saturated rings. The second kappa shape index (κ2) is 5.02. The summed E-state index contributed by atoms with van der Waals surface area (Å²) in [7, 11) is 0. The van der Waals surface area contributed by atoms with Crippen LogP contribution in [-0.2, 0) is 0 Å². The van der Waals surface area contributed by atoms with Crippen LogP contribution in [0.4, 0.5) is 5.69 Å². The molecule has 0 radical (unpaired) electrons. The SMILES string of the molecule is Cc1cc(O)ccc1C(=O)Nc1cccc(O)c1C. The molecule has 2 rings (SSSR count). The second-order valence-corrected chi connectivity index (χ2v) is 4.40. The Kier molecular flexibility index (Phi) is 3.42. The Bertz CT molecular complexity index is 635. The summed E-state index contributed by atoms with van der Waals surface area (Å²) >= 11 is 0. The molecule has 3 N–H and O–H groups in total. The fourth-order valence-electron chi connectivity index (χ4n) is 1.85. The van der Waals surface area contributed by atoms with E-state index >= 15 is 0 Å². The quantitative estimate of drug-likeness (QED) is 0.774. The van der Waals surface area contributed by atoms with Gasteiger partial charge in [0.1, 0.15) is 11.5 Å². The largest absolute Gasteiger partial charge is 0.508 e. The Morgan fingerprint density at radius 1 is 1.11 bits per heavy atom. The standard InChI is InChI=1S/C15H15NO3/c1-9-8-11(17)6-7-12(9)15(19)16-13-4-3-5-14(18)10(13)2/h3-8,17-18H,1-2H3,(H,16,19). The number of carbonyl (C=O) groups is 1. The molecule has 0 aliphatic rings. The van der Waals surface area contributed by atoms with Crippen LogP contribution in [0.15, 0.2) is 36.4 Å². The minimum atomic E-state index is -0.272. The highest BCUT2D eigenvalue weighted by Gasteiger charge is 2.11. The molecule has 4 heteroatoms. The summed E-state index contributed by atoms with van der Waals surface area (Å²) in [4.78, 5) is 12.1. The third kappa shape index (κ3) is 2.68. The summed E-state index contributed by atoms with van der Waals surface area (Å²) in [6.45, 7) is 3.48. The first kappa shape index (κ1) is 13.0. The molecule has 0 aliphatic heterocycles. The monoisotopic (exact) mass is 257 g/mol. The summed E-state index contributed by atoms with van der Waals surface area (Å²) in [6, 6.07) is 9.53. The van der Waals surface area contributed by atoms with Gasteiger partial charge in [-0.05, 0) is 49.7 Å². The van der Waals surface area contributed by atoms with E-state index in [4.69, 9.17) is 0 Å². The van der Waals surface area contributed by atoms with Crippen LogP contribution in [0.2, 0.25) is 0 Å². The Morgan fingerprint density at radius 3 is 2.53 bits per heavy atom. The van der Waals surface area contributed by atoms with E-state index in [1.54, 1.807) is 38.1 Å². The molecule has 0 atom stereocenters. The number of aryl methyl sites for hydroxylation is 1. The third-order valence-corrected chi connectivity index (χ3v) is 3.01. The number of carbonyl (C=O) groups excluding carboxylic acids is 1. The average Bonchev–Trinajstić information content (AvgIpc) is 2.34. The Hall–Kier alpha value is -2.49. The molecular weight excluding hydrogens is 242 g/mol. The first-order chi connectivity index (χ1) is 8.99. The van der Waals surface area contributed by atoms with Crippen LogP contribution in [0.5, 0.6) is 11.5 Å². The highest BCUT2D eigenvalue weighted by molar-refractivity contribution is 6.05. The fraction of sp³-hybridized carbons (Fsp3) is 0.133. The van der Waals surface area contributed by atoms with Gasteiger partial charge in [-0.25, -0.2) is 0 Å². The number of aromatic hydroxyl groups is 2. The second-order valence-electron chi connectivity index (χ2n) is 4.40. The number of phenolic OH excluding ortho intramolecular Hbond substituents is 2. The number of nitrogens with one attached hydrogen (secondary N) is 1. The Balaban J connectivity index is 2.28. The van der Waals surface area contributed by atoms with Gasteiger partial charge >= 0.3 is 0 Å². The van der Waals surface area contributed by atoms with Crippen molar-refractivity contribution >= 4 is 11.6 Å². The van der Waals surface area contributed by atoms with Gasteiger partial charge in [0.2, 0.25) is 0 Å². The van der Waals surface area contributed by atoms with Gasteiger partial charge in [0, 0.05) is 16.8 Å². The summed E-state index contributed by atoms with van der Waals surface area (Å²) in [5.74, 6) is -0.00554. The van der Waals surface area contributed by atoms with Crippen molar-refractivity contribution in [2.45, 2.75) is 13.8 Å². The van der Waals surface area contributed by atoms with Gasteiger partial charge in [-0.2, -0.15) is 0 Å². The van der Waals surface area contributed by atoms with E-state index in [1.165, 1.54) is 12.1 Å². The van der Waals surface area contributed by atoms with Crippen molar-refractivity contribution in [3.05, 3.63) is 53.1 Å². The highest BCUT2D eigenvalue weighted by atomic mass is 16.3. The van der Waals surface area contributed by atoms with Gasteiger partial charge < -0.3 is 15.5 Å². The number of phenols is 2. The number of benzene rings is 2. The summed E-state index contributed by atoms with van der Waals surface area (Å²) in [6.07, 6.45) is 0. The highest BCUT2D eigenvalue weighted by Crippen LogP contribution is 2.25. The smallest absolute Gasteiger partial charge is 0.255 e. The number of hydrogen-bond donors (Lipinski definition) is 3. The third-order valence-electron chi connectivity index (χ3n) is 3.01. The van der Waals surface area contributed by atoms with Crippen molar-refractivity contribution in [1.82, 2.24) is 0 Å². The first-order valence-electron chi connectivity index (χ1n) is 5.88. The van der Waals surface area contributed by atoms with Crippen LogP contribution in [-0.4, -0.2) is 16.1 Å². The molecule has 0 bridgehead atoms. The maximum Gasteiger partial charge on any atom is 0.255 e. The molecule has 0 unspecified atom stereocenters. The van der Waals surface area contributed by atoms with E-state index in [0.717, 1.165) is 0 Å². The molecular formula is C15H15NO3. The van der Waals surface area contributed by atoms with Crippen LogP contribution in [0.25, 0.3) is 0 Å². The number of anilines is 1. The van der Waals surface area contributed by atoms with Gasteiger partial charge in [-0.1, -0.05) is 6.07 Å². The Morgan fingerprint density at radius 2 is 1.84 bits per heavy atom.